The van der Waals surface area contributed by atoms with Crippen LogP contribution in [0.5, 0.6) is 0 Å². The van der Waals surface area contributed by atoms with Gasteiger partial charge in [0.1, 0.15) is 6.54 Å². The molecule has 27 heavy (non-hydrogen) atoms. The van der Waals surface area contributed by atoms with Crippen LogP contribution < -0.4 is 0 Å². The number of hydrogen-bond acceptors (Lipinski definition) is 4. The average molecular weight is 383 g/mol. The molecular weight excluding hydrogens is 348 g/mol. The van der Waals surface area contributed by atoms with Crippen molar-refractivity contribution >= 4 is 17.8 Å². The monoisotopic (exact) mass is 382 g/mol. The van der Waals surface area contributed by atoms with Crippen LogP contribution in [0.3, 0.4) is 0 Å². The molecule has 1 heterocycles. The minimum atomic E-state index is -0.997. The summed E-state index contributed by atoms with van der Waals surface area (Å²) in [7, 11) is 0. The maximum Gasteiger partial charge on any atom is 0.323 e. The lowest BCUT2D eigenvalue weighted by molar-refractivity contribution is -0.146. The van der Waals surface area contributed by atoms with Gasteiger partial charge in [-0.25, -0.2) is 0 Å². The number of aliphatic carboxylic acids is 1. The van der Waals surface area contributed by atoms with Gasteiger partial charge in [0.15, 0.2) is 0 Å². The molecule has 7 heteroatoms. The largest absolute Gasteiger partial charge is 0.480 e. The minimum absolute atomic E-state index is 0.112. The van der Waals surface area contributed by atoms with E-state index in [0.29, 0.717) is 32.7 Å². The number of carboxylic acids is 1. The number of rotatable bonds is 8. The van der Waals surface area contributed by atoms with Crippen molar-refractivity contribution in [1.82, 2.24) is 9.80 Å². The van der Waals surface area contributed by atoms with Gasteiger partial charge in [0, 0.05) is 39.3 Å². The maximum absolute atomic E-state index is 13.4. The summed E-state index contributed by atoms with van der Waals surface area (Å²) in [6, 6.07) is -0.112. The van der Waals surface area contributed by atoms with E-state index in [0.717, 1.165) is 44.9 Å². The van der Waals surface area contributed by atoms with Crippen molar-refractivity contribution in [3.63, 3.8) is 0 Å². The average Bonchev–Trinajstić information content (AvgIpc) is 2.97. The zero-order valence-electron chi connectivity index (χ0n) is 16.7. The molecule has 1 atom stereocenters. The van der Waals surface area contributed by atoms with Crippen LogP contribution in [0.2, 0.25) is 0 Å². The van der Waals surface area contributed by atoms with Crippen LogP contribution in [0.4, 0.5) is 0 Å². The van der Waals surface area contributed by atoms with Crippen molar-refractivity contribution in [3.05, 3.63) is 0 Å². The summed E-state index contributed by atoms with van der Waals surface area (Å²) >= 11 is 0. The summed E-state index contributed by atoms with van der Waals surface area (Å²) < 4.78 is 5.52. The normalized spacial score (nSPS) is 22.3. The zero-order valence-corrected chi connectivity index (χ0v) is 16.7. The van der Waals surface area contributed by atoms with Crippen LogP contribution in [0.25, 0.3) is 0 Å². The van der Waals surface area contributed by atoms with Gasteiger partial charge in [-0.15, -0.1) is 0 Å². The van der Waals surface area contributed by atoms with Crippen LogP contribution in [0.15, 0.2) is 0 Å². The standard InChI is InChI=1S/C20H34N2O5/c1-3-27-14-11-20(9-4-5-10-20)19(26)21-12-6-7-17(8-13-21)22(16(2)23)15-18(24)25/h17H,3-15H2,1-2H3,(H,24,25). The highest BCUT2D eigenvalue weighted by Crippen LogP contribution is 2.43. The van der Waals surface area contributed by atoms with Crippen molar-refractivity contribution in [2.24, 2.45) is 5.41 Å². The van der Waals surface area contributed by atoms with E-state index in [-0.39, 0.29) is 29.8 Å². The topological polar surface area (TPSA) is 87.2 Å². The molecule has 1 aliphatic carbocycles. The minimum Gasteiger partial charge on any atom is -0.480 e. The van der Waals surface area contributed by atoms with Crippen LogP contribution >= 0.6 is 0 Å². The summed E-state index contributed by atoms with van der Waals surface area (Å²) in [5, 5.41) is 9.08. The molecule has 0 radical (unpaired) electrons. The summed E-state index contributed by atoms with van der Waals surface area (Å²) in [5.74, 6) is -0.984. The molecule has 154 valence electrons. The molecule has 1 unspecified atom stereocenters. The number of hydrogen-bond donors (Lipinski definition) is 1. The molecule has 1 saturated carbocycles. The lowest BCUT2D eigenvalue weighted by atomic mass is 9.81. The van der Waals surface area contributed by atoms with Crippen molar-refractivity contribution in [2.45, 2.75) is 71.3 Å². The lowest BCUT2D eigenvalue weighted by Gasteiger charge is -2.34. The van der Waals surface area contributed by atoms with Crippen LogP contribution in [-0.2, 0) is 19.1 Å². The highest BCUT2D eigenvalue weighted by molar-refractivity contribution is 5.83. The van der Waals surface area contributed by atoms with Crippen molar-refractivity contribution in [2.75, 3.05) is 32.8 Å². The molecule has 0 aromatic rings. The quantitative estimate of drug-likeness (QED) is 0.651. The van der Waals surface area contributed by atoms with E-state index in [1.54, 1.807) is 0 Å². The Hall–Kier alpha value is -1.63. The molecule has 1 N–H and O–H groups in total. The fourth-order valence-corrected chi connectivity index (χ4v) is 4.61. The highest BCUT2D eigenvalue weighted by atomic mass is 16.5. The molecule has 2 fully saturated rings. The molecule has 2 aliphatic rings. The van der Waals surface area contributed by atoms with Gasteiger partial charge in [-0.2, -0.15) is 0 Å². The molecule has 2 rings (SSSR count). The third-order valence-electron chi connectivity index (χ3n) is 6.08. The Bertz CT molecular complexity index is 530. The molecule has 0 aromatic heterocycles. The predicted octanol–water partition coefficient (Wildman–Crippen LogP) is 2.29. The molecule has 7 nitrogen and oxygen atoms in total. The van der Waals surface area contributed by atoms with Gasteiger partial charge in [-0.3, -0.25) is 14.4 Å². The maximum atomic E-state index is 13.4. The first-order valence-corrected chi connectivity index (χ1v) is 10.3. The third-order valence-corrected chi connectivity index (χ3v) is 6.08. The Morgan fingerprint density at radius 2 is 1.85 bits per heavy atom. The Kier molecular flexibility index (Phi) is 8.07. The number of carbonyl (C=O) groups excluding carboxylic acids is 2. The van der Waals surface area contributed by atoms with Crippen molar-refractivity contribution in [3.8, 4) is 0 Å². The fraction of sp³-hybridized carbons (Fsp3) is 0.850. The first-order valence-electron chi connectivity index (χ1n) is 10.3. The number of nitrogens with zero attached hydrogens (tertiary/aromatic N) is 2. The summed E-state index contributed by atoms with van der Waals surface area (Å²) in [5.41, 5.74) is -0.295. The first-order chi connectivity index (χ1) is 12.9. The number of carbonyl (C=O) groups is 3. The number of ether oxygens (including phenoxy) is 1. The fourth-order valence-electron chi connectivity index (χ4n) is 4.61. The second kappa shape index (κ2) is 10.1. The highest BCUT2D eigenvalue weighted by Gasteiger charge is 2.43. The molecule has 2 amide bonds. The van der Waals surface area contributed by atoms with Gasteiger partial charge in [0.2, 0.25) is 11.8 Å². The van der Waals surface area contributed by atoms with Gasteiger partial charge in [0.05, 0.1) is 5.41 Å². The van der Waals surface area contributed by atoms with Gasteiger partial charge >= 0.3 is 5.97 Å². The van der Waals surface area contributed by atoms with Crippen LogP contribution in [0, 0.1) is 5.41 Å². The van der Waals surface area contributed by atoms with E-state index < -0.39 is 5.97 Å². The summed E-state index contributed by atoms with van der Waals surface area (Å²) in [4.78, 5) is 39.7. The smallest absolute Gasteiger partial charge is 0.323 e. The van der Waals surface area contributed by atoms with Crippen molar-refractivity contribution < 1.29 is 24.2 Å². The molecular formula is C20H34N2O5. The third kappa shape index (κ3) is 5.67. The van der Waals surface area contributed by atoms with E-state index in [9.17, 15) is 14.4 Å². The van der Waals surface area contributed by atoms with Crippen LogP contribution in [0.1, 0.15) is 65.2 Å². The number of amides is 2. The second-order valence-corrected chi connectivity index (χ2v) is 7.85. The molecule has 1 aliphatic heterocycles. The van der Waals surface area contributed by atoms with E-state index in [1.807, 2.05) is 11.8 Å². The second-order valence-electron chi connectivity index (χ2n) is 7.85. The summed E-state index contributed by atoms with van der Waals surface area (Å²) in [6.45, 7) is 5.67. The predicted molar refractivity (Wildman–Crippen MR) is 101 cm³/mol. The first kappa shape index (κ1) is 21.7. The summed E-state index contributed by atoms with van der Waals surface area (Å²) in [6.07, 6.45) is 6.98. The van der Waals surface area contributed by atoms with Gasteiger partial charge in [0.25, 0.3) is 0 Å². The number of likely N-dealkylation sites (tertiary alicyclic amines) is 1. The van der Waals surface area contributed by atoms with E-state index >= 15 is 0 Å². The van der Waals surface area contributed by atoms with E-state index in [1.165, 1.54) is 11.8 Å². The van der Waals surface area contributed by atoms with E-state index in [4.69, 9.17) is 9.84 Å². The Morgan fingerprint density at radius 1 is 1.15 bits per heavy atom. The van der Waals surface area contributed by atoms with Crippen LogP contribution in [-0.4, -0.2) is 71.6 Å². The van der Waals surface area contributed by atoms with E-state index in [2.05, 4.69) is 0 Å². The molecule has 0 aromatic carbocycles. The molecule has 1 saturated heterocycles. The number of carboxylic acid groups (broad SMARTS) is 1. The zero-order chi connectivity index (χ0) is 19.9. The molecule has 0 bridgehead atoms. The van der Waals surface area contributed by atoms with Gasteiger partial charge in [-0.1, -0.05) is 12.8 Å². The van der Waals surface area contributed by atoms with Gasteiger partial charge in [-0.05, 0) is 45.4 Å². The SMILES string of the molecule is CCOCCC1(C(=O)N2CCCC(N(CC(=O)O)C(C)=O)CC2)CCCC1. The lowest BCUT2D eigenvalue weighted by Crippen LogP contribution is -2.45. The Morgan fingerprint density at radius 3 is 2.44 bits per heavy atom. The van der Waals surface area contributed by atoms with Gasteiger partial charge < -0.3 is 19.6 Å². The Balaban J connectivity index is 2.02. The van der Waals surface area contributed by atoms with Crippen molar-refractivity contribution in [1.29, 1.82) is 0 Å². The Labute approximate surface area is 162 Å². The molecule has 0 spiro atoms.